The minimum Gasteiger partial charge on any atom is -0.467 e. The van der Waals surface area contributed by atoms with Gasteiger partial charge in [-0.2, -0.15) is 0 Å². The first-order chi connectivity index (χ1) is 11.6. The Bertz CT molecular complexity index is 675. The molecule has 128 valence electrons. The number of benzene rings is 1. The first-order valence-electron chi connectivity index (χ1n) is 8.14. The van der Waals surface area contributed by atoms with Crippen molar-refractivity contribution in [2.45, 2.75) is 38.0 Å². The van der Waals surface area contributed by atoms with Gasteiger partial charge in [-0.15, -0.1) is 0 Å². The second-order valence-electron chi connectivity index (χ2n) is 6.04. The molecule has 1 fully saturated rings. The summed E-state index contributed by atoms with van der Waals surface area (Å²) < 4.78 is 18.4. The predicted molar refractivity (Wildman–Crippen MR) is 86.6 cm³/mol. The maximum absolute atomic E-state index is 13.2. The van der Waals surface area contributed by atoms with Crippen LogP contribution < -0.4 is 5.32 Å². The van der Waals surface area contributed by atoms with Crippen LogP contribution >= 0.6 is 0 Å². The van der Waals surface area contributed by atoms with Gasteiger partial charge in [0, 0.05) is 25.6 Å². The molecule has 0 bridgehead atoms. The summed E-state index contributed by atoms with van der Waals surface area (Å²) >= 11 is 0. The summed E-state index contributed by atoms with van der Waals surface area (Å²) in [5, 5.41) is 13.0. The molecule has 2 unspecified atom stereocenters. The molecule has 2 heterocycles. The van der Waals surface area contributed by atoms with E-state index in [1.54, 1.807) is 29.2 Å². The number of urea groups is 1. The summed E-state index contributed by atoms with van der Waals surface area (Å²) in [6.45, 7) is 0.936. The number of aliphatic hydroxyl groups is 1. The fourth-order valence-electron chi connectivity index (χ4n) is 3.13. The number of rotatable bonds is 5. The van der Waals surface area contributed by atoms with E-state index in [0.717, 1.165) is 18.4 Å². The lowest BCUT2D eigenvalue weighted by Crippen LogP contribution is -2.43. The summed E-state index contributed by atoms with van der Waals surface area (Å²) in [5.74, 6) is 0.199. The number of furan rings is 1. The van der Waals surface area contributed by atoms with Gasteiger partial charge >= 0.3 is 6.03 Å². The van der Waals surface area contributed by atoms with Crippen LogP contribution in [0.1, 0.15) is 36.7 Å². The van der Waals surface area contributed by atoms with Crippen LogP contribution in [0, 0.1) is 5.82 Å². The summed E-state index contributed by atoms with van der Waals surface area (Å²) in [4.78, 5) is 14.1. The number of halogens is 1. The van der Waals surface area contributed by atoms with E-state index in [1.807, 2.05) is 0 Å². The molecule has 0 spiro atoms. The molecule has 0 radical (unpaired) electrons. The average molecular weight is 332 g/mol. The third-order valence-corrected chi connectivity index (χ3v) is 4.34. The Morgan fingerprint density at radius 2 is 2.29 bits per heavy atom. The van der Waals surface area contributed by atoms with Gasteiger partial charge in [-0.1, -0.05) is 12.1 Å². The van der Waals surface area contributed by atoms with Crippen molar-refractivity contribution in [2.75, 3.05) is 6.54 Å². The van der Waals surface area contributed by atoms with Crippen LogP contribution in [0.3, 0.4) is 0 Å². The first kappa shape index (κ1) is 16.5. The molecule has 2 atom stereocenters. The van der Waals surface area contributed by atoms with Crippen LogP contribution in [0.5, 0.6) is 0 Å². The van der Waals surface area contributed by atoms with Crippen LogP contribution in [0.15, 0.2) is 47.1 Å². The number of nitrogens with zero attached hydrogens (tertiary/aromatic N) is 1. The number of likely N-dealkylation sites (tertiary alicyclic amines) is 1. The maximum Gasteiger partial charge on any atom is 0.317 e. The Morgan fingerprint density at radius 3 is 3.04 bits per heavy atom. The Morgan fingerprint density at radius 1 is 1.42 bits per heavy atom. The number of hydrogen-bond acceptors (Lipinski definition) is 3. The van der Waals surface area contributed by atoms with Crippen molar-refractivity contribution < 1.29 is 18.7 Å². The quantitative estimate of drug-likeness (QED) is 0.883. The van der Waals surface area contributed by atoms with Crippen LogP contribution in [-0.4, -0.2) is 28.6 Å². The number of hydrogen-bond donors (Lipinski definition) is 2. The molecule has 1 aromatic carbocycles. The van der Waals surface area contributed by atoms with E-state index in [9.17, 15) is 14.3 Å². The van der Waals surface area contributed by atoms with Crippen molar-refractivity contribution in [1.82, 2.24) is 10.2 Å². The normalized spacial score (nSPS) is 18.6. The van der Waals surface area contributed by atoms with Gasteiger partial charge in [0.2, 0.25) is 0 Å². The van der Waals surface area contributed by atoms with Gasteiger partial charge in [-0.25, -0.2) is 9.18 Å². The van der Waals surface area contributed by atoms with E-state index >= 15 is 0 Å². The SMILES string of the molecule is O=C(NCc1cccc(F)c1)N1CCCC1CC(O)c1ccco1. The minimum atomic E-state index is -0.721. The molecule has 2 aromatic rings. The van der Waals surface area contributed by atoms with E-state index in [0.29, 0.717) is 18.7 Å². The van der Waals surface area contributed by atoms with Crippen LogP contribution in [0.25, 0.3) is 0 Å². The van der Waals surface area contributed by atoms with Gasteiger partial charge in [-0.05, 0) is 42.7 Å². The van der Waals surface area contributed by atoms with Crippen molar-refractivity contribution in [2.24, 2.45) is 0 Å². The van der Waals surface area contributed by atoms with Gasteiger partial charge in [0.25, 0.3) is 0 Å². The van der Waals surface area contributed by atoms with Gasteiger partial charge in [0.05, 0.1) is 6.26 Å². The van der Waals surface area contributed by atoms with E-state index in [1.165, 1.54) is 18.4 Å². The molecule has 24 heavy (non-hydrogen) atoms. The van der Waals surface area contributed by atoms with Crippen LogP contribution in [0.2, 0.25) is 0 Å². The zero-order chi connectivity index (χ0) is 16.9. The molecule has 0 saturated carbocycles. The van der Waals surface area contributed by atoms with Crippen LogP contribution in [-0.2, 0) is 6.54 Å². The number of amides is 2. The smallest absolute Gasteiger partial charge is 0.317 e. The molecule has 2 N–H and O–H groups in total. The van der Waals surface area contributed by atoms with Crippen molar-refractivity contribution in [3.05, 3.63) is 59.8 Å². The highest BCUT2D eigenvalue weighted by atomic mass is 19.1. The molecular weight excluding hydrogens is 311 g/mol. The Kier molecular flexibility index (Phi) is 5.15. The summed E-state index contributed by atoms with van der Waals surface area (Å²) in [6, 6.07) is 9.41. The molecular formula is C18H21FN2O3. The molecule has 1 aliphatic rings. The molecule has 3 rings (SSSR count). The topological polar surface area (TPSA) is 65.7 Å². The number of carbonyl (C=O) groups is 1. The zero-order valence-corrected chi connectivity index (χ0v) is 13.3. The Hall–Kier alpha value is -2.34. The average Bonchev–Trinajstić information content (AvgIpc) is 3.24. The molecule has 0 aliphatic carbocycles. The van der Waals surface area contributed by atoms with Gasteiger partial charge in [-0.3, -0.25) is 0 Å². The zero-order valence-electron chi connectivity index (χ0n) is 13.3. The molecule has 6 heteroatoms. The Balaban J connectivity index is 1.55. The third-order valence-electron chi connectivity index (χ3n) is 4.34. The lowest BCUT2D eigenvalue weighted by Gasteiger charge is -2.26. The number of aliphatic hydroxyl groups excluding tert-OH is 1. The van der Waals surface area contributed by atoms with Crippen LogP contribution in [0.4, 0.5) is 9.18 Å². The fraction of sp³-hybridized carbons (Fsp3) is 0.389. The molecule has 5 nitrogen and oxygen atoms in total. The molecule has 1 saturated heterocycles. The van der Waals surface area contributed by atoms with Gasteiger partial charge in [0.1, 0.15) is 17.7 Å². The Labute approximate surface area is 140 Å². The standard InChI is InChI=1S/C18H21FN2O3/c19-14-5-1-4-13(10-14)12-20-18(23)21-8-2-6-15(21)11-16(22)17-7-3-9-24-17/h1,3-5,7,9-10,15-16,22H,2,6,8,11-12H2,(H,20,23). The highest BCUT2D eigenvalue weighted by molar-refractivity contribution is 5.74. The highest BCUT2D eigenvalue weighted by Crippen LogP contribution is 2.27. The number of carbonyl (C=O) groups excluding carboxylic acids is 1. The fourth-order valence-corrected chi connectivity index (χ4v) is 3.13. The van der Waals surface area contributed by atoms with E-state index in [2.05, 4.69) is 5.32 Å². The summed E-state index contributed by atoms with van der Waals surface area (Å²) in [7, 11) is 0. The first-order valence-corrected chi connectivity index (χ1v) is 8.14. The molecule has 2 amide bonds. The largest absolute Gasteiger partial charge is 0.467 e. The second kappa shape index (κ2) is 7.49. The molecule has 1 aromatic heterocycles. The minimum absolute atomic E-state index is 0.0300. The van der Waals surface area contributed by atoms with Crippen molar-refractivity contribution >= 4 is 6.03 Å². The second-order valence-corrected chi connectivity index (χ2v) is 6.04. The van der Waals surface area contributed by atoms with Crippen molar-refractivity contribution in [3.63, 3.8) is 0 Å². The van der Waals surface area contributed by atoms with E-state index < -0.39 is 6.10 Å². The third kappa shape index (κ3) is 3.94. The van der Waals surface area contributed by atoms with E-state index in [4.69, 9.17) is 4.42 Å². The predicted octanol–water partition coefficient (Wildman–Crippen LogP) is 3.22. The lowest BCUT2D eigenvalue weighted by atomic mass is 10.1. The lowest BCUT2D eigenvalue weighted by molar-refractivity contribution is 0.108. The maximum atomic E-state index is 13.2. The van der Waals surface area contributed by atoms with Crippen molar-refractivity contribution in [3.8, 4) is 0 Å². The monoisotopic (exact) mass is 332 g/mol. The summed E-state index contributed by atoms with van der Waals surface area (Å²) in [5.41, 5.74) is 0.717. The van der Waals surface area contributed by atoms with Gasteiger partial charge < -0.3 is 19.7 Å². The summed E-state index contributed by atoms with van der Waals surface area (Å²) in [6.07, 6.45) is 3.01. The van der Waals surface area contributed by atoms with Gasteiger partial charge in [0.15, 0.2) is 0 Å². The molecule has 1 aliphatic heterocycles. The highest BCUT2D eigenvalue weighted by Gasteiger charge is 2.31. The van der Waals surface area contributed by atoms with E-state index in [-0.39, 0.29) is 24.4 Å². The van der Waals surface area contributed by atoms with Crippen molar-refractivity contribution in [1.29, 1.82) is 0 Å². The number of nitrogens with one attached hydrogen (secondary N) is 1.